The van der Waals surface area contributed by atoms with E-state index in [2.05, 4.69) is 21.8 Å². The minimum Gasteiger partial charge on any atom is -0.463 e. The van der Waals surface area contributed by atoms with Gasteiger partial charge in [0.1, 0.15) is 31.1 Å². The Hall–Kier alpha value is -2.91. The summed E-state index contributed by atoms with van der Waals surface area (Å²) in [5.74, 6) is -0.333. The van der Waals surface area contributed by atoms with Gasteiger partial charge in [-0.1, -0.05) is 29.3 Å². The summed E-state index contributed by atoms with van der Waals surface area (Å²) in [5.41, 5.74) is 12.6. The summed E-state index contributed by atoms with van der Waals surface area (Å²) in [4.78, 5) is 12.5. The van der Waals surface area contributed by atoms with Crippen LogP contribution in [0.4, 0.5) is 15.8 Å². The highest BCUT2D eigenvalue weighted by Crippen LogP contribution is 2.24. The summed E-state index contributed by atoms with van der Waals surface area (Å²) in [6.45, 7) is 7.98. The van der Waals surface area contributed by atoms with E-state index in [1.807, 2.05) is 36.1 Å². The molecule has 0 radical (unpaired) electrons. The molecule has 0 bridgehead atoms. The zero-order valence-corrected chi connectivity index (χ0v) is 21.3. The first-order chi connectivity index (χ1) is 16.8. The van der Waals surface area contributed by atoms with Crippen LogP contribution in [0.3, 0.4) is 0 Å². The monoisotopic (exact) mass is 524 g/mol. The fourth-order valence-electron chi connectivity index (χ4n) is 3.79. The van der Waals surface area contributed by atoms with Crippen molar-refractivity contribution in [1.82, 2.24) is 0 Å². The number of amidine groups is 2. The van der Waals surface area contributed by atoms with Gasteiger partial charge in [0, 0.05) is 41.9 Å². The number of rotatable bonds is 8. The number of hydrogen-bond acceptors (Lipinski definition) is 8. The molecule has 4 rings (SSSR count). The van der Waals surface area contributed by atoms with Gasteiger partial charge in [-0.05, 0) is 50.2 Å². The minimum atomic E-state index is -0.333. The molecular formula is C24H31Cl2FN6O2. The van der Waals surface area contributed by atoms with Crippen LogP contribution in [-0.4, -0.2) is 63.5 Å². The minimum absolute atomic E-state index is 0.0555. The third-order valence-corrected chi connectivity index (χ3v) is 5.99. The first-order valence-electron chi connectivity index (χ1n) is 11.4. The van der Waals surface area contributed by atoms with Gasteiger partial charge in [-0.2, -0.15) is 0 Å². The molecule has 2 aliphatic rings. The second-order valence-electron chi connectivity index (χ2n) is 8.02. The van der Waals surface area contributed by atoms with Gasteiger partial charge in [-0.15, -0.1) is 0 Å². The van der Waals surface area contributed by atoms with Crippen molar-refractivity contribution in [3.63, 3.8) is 0 Å². The standard InChI is InChI=1S/C12H15ClFN3O.C12H16ClN3O/c1-2-17(6-9-7-18-12(15)16-9)11-4-3-8(13)5-10(11)14;1-2-16(7-10-8-17-12(14)15-10)11-5-3-4-9(13)6-11/h3-5,9H,2,6-7H2,1H3,(H2,15,16);3-6,10H,2,7-8H2,1H3,(H2,14,15)/t9-;10-/m00/s1. The van der Waals surface area contributed by atoms with E-state index < -0.39 is 0 Å². The van der Waals surface area contributed by atoms with Crippen molar-refractivity contribution in [3.05, 3.63) is 58.3 Å². The molecule has 2 atom stereocenters. The van der Waals surface area contributed by atoms with Crippen molar-refractivity contribution in [2.75, 3.05) is 49.2 Å². The quantitative estimate of drug-likeness (QED) is 0.542. The molecule has 190 valence electrons. The molecule has 0 spiro atoms. The van der Waals surface area contributed by atoms with Gasteiger partial charge in [0.25, 0.3) is 12.0 Å². The van der Waals surface area contributed by atoms with E-state index in [0.29, 0.717) is 37.0 Å². The van der Waals surface area contributed by atoms with Crippen LogP contribution >= 0.6 is 23.2 Å². The molecule has 0 aliphatic carbocycles. The SMILES string of the molecule is CCN(C[C@H]1COC(N)=N1)c1ccc(Cl)cc1F.CCN(C[C@H]1COC(N)=N1)c1cccc(Cl)c1. The van der Waals surface area contributed by atoms with Crippen LogP contribution in [0.2, 0.25) is 10.0 Å². The normalized spacial score (nSPS) is 18.5. The van der Waals surface area contributed by atoms with E-state index in [4.69, 9.17) is 44.1 Å². The van der Waals surface area contributed by atoms with Crippen LogP contribution in [-0.2, 0) is 9.47 Å². The van der Waals surface area contributed by atoms with Gasteiger partial charge in [-0.3, -0.25) is 0 Å². The number of nitrogens with zero attached hydrogens (tertiary/aromatic N) is 4. The predicted octanol–water partition coefficient (Wildman–Crippen LogP) is 3.90. The fraction of sp³-hybridized carbons (Fsp3) is 0.417. The van der Waals surface area contributed by atoms with E-state index in [1.54, 1.807) is 12.1 Å². The second kappa shape index (κ2) is 12.7. The second-order valence-corrected chi connectivity index (χ2v) is 8.89. The number of anilines is 2. The topological polar surface area (TPSA) is 102 Å². The Labute approximate surface area is 215 Å². The van der Waals surface area contributed by atoms with Crippen molar-refractivity contribution in [2.45, 2.75) is 25.9 Å². The molecule has 11 heteroatoms. The Morgan fingerprint density at radius 3 is 1.94 bits per heavy atom. The molecular weight excluding hydrogens is 494 g/mol. The molecule has 0 unspecified atom stereocenters. The Morgan fingerprint density at radius 1 is 0.886 bits per heavy atom. The maximum Gasteiger partial charge on any atom is 0.282 e. The van der Waals surface area contributed by atoms with Crippen LogP contribution in [0.5, 0.6) is 0 Å². The molecule has 2 aliphatic heterocycles. The van der Waals surface area contributed by atoms with E-state index >= 15 is 0 Å². The Kier molecular flexibility index (Phi) is 9.68. The third kappa shape index (κ3) is 7.80. The lowest BCUT2D eigenvalue weighted by molar-refractivity contribution is 0.313. The van der Waals surface area contributed by atoms with Crippen molar-refractivity contribution >= 4 is 46.6 Å². The summed E-state index contributed by atoms with van der Waals surface area (Å²) in [6.07, 6.45) is 0. The fourth-order valence-corrected chi connectivity index (χ4v) is 4.14. The Balaban J connectivity index is 0.000000196. The lowest BCUT2D eigenvalue weighted by atomic mass is 10.2. The smallest absolute Gasteiger partial charge is 0.282 e. The molecule has 0 aromatic heterocycles. The highest BCUT2D eigenvalue weighted by Gasteiger charge is 2.21. The van der Waals surface area contributed by atoms with Gasteiger partial charge in [0.15, 0.2) is 0 Å². The number of halogens is 3. The van der Waals surface area contributed by atoms with Crippen LogP contribution in [0.15, 0.2) is 52.4 Å². The summed E-state index contributed by atoms with van der Waals surface area (Å²) in [5, 5.41) is 1.13. The van der Waals surface area contributed by atoms with Gasteiger partial charge in [-0.25, -0.2) is 14.4 Å². The number of aliphatic imine (C=N–C) groups is 2. The third-order valence-electron chi connectivity index (χ3n) is 5.52. The van der Waals surface area contributed by atoms with E-state index in [-0.39, 0.29) is 29.9 Å². The number of hydrogen-bond donors (Lipinski definition) is 2. The summed E-state index contributed by atoms with van der Waals surface area (Å²) < 4.78 is 24.0. The summed E-state index contributed by atoms with van der Waals surface area (Å²) in [7, 11) is 0. The van der Waals surface area contributed by atoms with Crippen LogP contribution in [0.1, 0.15) is 13.8 Å². The number of nitrogens with two attached hydrogens (primary N) is 2. The summed E-state index contributed by atoms with van der Waals surface area (Å²) >= 11 is 11.7. The molecule has 2 heterocycles. The molecule has 4 N–H and O–H groups in total. The first-order valence-corrected chi connectivity index (χ1v) is 12.2. The van der Waals surface area contributed by atoms with Gasteiger partial charge in [0.2, 0.25) is 0 Å². The van der Waals surface area contributed by atoms with Gasteiger partial charge in [0.05, 0.1) is 5.69 Å². The molecule has 8 nitrogen and oxygen atoms in total. The lowest BCUT2D eigenvalue weighted by Gasteiger charge is -2.25. The zero-order valence-electron chi connectivity index (χ0n) is 19.8. The molecule has 0 fully saturated rings. The van der Waals surface area contributed by atoms with Crippen molar-refractivity contribution in [1.29, 1.82) is 0 Å². The highest BCUT2D eigenvalue weighted by molar-refractivity contribution is 6.31. The Morgan fingerprint density at radius 2 is 1.46 bits per heavy atom. The van der Waals surface area contributed by atoms with Crippen molar-refractivity contribution in [2.24, 2.45) is 21.5 Å². The van der Waals surface area contributed by atoms with Crippen molar-refractivity contribution in [3.8, 4) is 0 Å². The van der Waals surface area contributed by atoms with Crippen LogP contribution in [0.25, 0.3) is 0 Å². The molecule has 2 aromatic carbocycles. The van der Waals surface area contributed by atoms with E-state index in [1.165, 1.54) is 6.07 Å². The molecule has 2 aromatic rings. The van der Waals surface area contributed by atoms with E-state index in [0.717, 1.165) is 23.8 Å². The highest BCUT2D eigenvalue weighted by atomic mass is 35.5. The zero-order chi connectivity index (χ0) is 25.4. The summed E-state index contributed by atoms with van der Waals surface area (Å²) in [6, 6.07) is 13.0. The van der Waals surface area contributed by atoms with Crippen LogP contribution < -0.4 is 21.3 Å². The van der Waals surface area contributed by atoms with E-state index in [9.17, 15) is 4.39 Å². The maximum absolute atomic E-state index is 13.8. The van der Waals surface area contributed by atoms with Crippen LogP contribution in [0, 0.1) is 5.82 Å². The predicted molar refractivity (Wildman–Crippen MR) is 141 cm³/mol. The molecule has 35 heavy (non-hydrogen) atoms. The molecule has 0 saturated heterocycles. The number of likely N-dealkylation sites (N-methyl/N-ethyl adjacent to an activating group) is 2. The number of benzene rings is 2. The van der Waals surface area contributed by atoms with Gasteiger partial charge >= 0.3 is 0 Å². The lowest BCUT2D eigenvalue weighted by Crippen LogP contribution is -2.32. The molecule has 0 saturated carbocycles. The largest absolute Gasteiger partial charge is 0.463 e. The maximum atomic E-state index is 13.8. The average molecular weight is 525 g/mol. The first kappa shape index (κ1) is 26.7. The van der Waals surface area contributed by atoms with Crippen molar-refractivity contribution < 1.29 is 13.9 Å². The molecule has 0 amide bonds. The average Bonchev–Trinajstić information content (AvgIpc) is 3.44. The Bertz CT molecular complexity index is 1050. The van der Waals surface area contributed by atoms with Gasteiger partial charge < -0.3 is 30.7 Å². The number of ether oxygens (including phenoxy) is 2.